The number of likely N-dealkylation sites (tertiary alicyclic amines) is 1. The number of nitrogens with zero attached hydrogens (tertiary/aromatic N) is 2. The lowest BCUT2D eigenvalue weighted by Gasteiger charge is -2.36. The molecule has 5 heteroatoms. The van der Waals surface area contributed by atoms with E-state index in [2.05, 4.69) is 16.3 Å². The molecule has 20 heavy (non-hydrogen) atoms. The van der Waals surface area contributed by atoms with Crippen LogP contribution in [0, 0.1) is 0 Å². The van der Waals surface area contributed by atoms with E-state index in [0.717, 1.165) is 50.6 Å². The topological polar surface area (TPSA) is 35.6 Å². The molecule has 4 nitrogen and oxygen atoms in total. The molecule has 0 saturated carbocycles. The van der Waals surface area contributed by atoms with E-state index in [1.807, 2.05) is 23.1 Å². The molecule has 0 atom stereocenters. The first kappa shape index (κ1) is 13.7. The van der Waals surface area contributed by atoms with Crippen molar-refractivity contribution in [3.8, 4) is 0 Å². The van der Waals surface area contributed by atoms with Gasteiger partial charge in [0.2, 0.25) is 0 Å². The number of benzene rings is 1. The summed E-state index contributed by atoms with van der Waals surface area (Å²) in [5.41, 5.74) is 1.26. The van der Waals surface area contributed by atoms with Crippen LogP contribution < -0.4 is 5.32 Å². The molecule has 1 N–H and O–H groups in total. The van der Waals surface area contributed by atoms with Gasteiger partial charge in [-0.25, -0.2) is 4.79 Å². The first-order chi connectivity index (χ1) is 9.72. The Kier molecular flexibility index (Phi) is 4.13. The van der Waals surface area contributed by atoms with E-state index in [9.17, 15) is 4.79 Å². The highest BCUT2D eigenvalue weighted by Gasteiger charge is 2.30. The Hall–Kier alpha value is -1.26. The van der Waals surface area contributed by atoms with E-state index < -0.39 is 0 Å². The zero-order valence-electron chi connectivity index (χ0n) is 11.5. The number of hydrogen-bond donors (Lipinski definition) is 1. The lowest BCUT2D eigenvalue weighted by atomic mass is 10.0. The van der Waals surface area contributed by atoms with Gasteiger partial charge >= 0.3 is 6.03 Å². The Morgan fingerprint density at radius 1 is 1.25 bits per heavy atom. The molecule has 2 fully saturated rings. The monoisotopic (exact) mass is 293 g/mol. The number of carbonyl (C=O) groups excluding carboxylic acids is 1. The number of rotatable bonds is 3. The number of carbonyl (C=O) groups is 1. The fourth-order valence-corrected chi connectivity index (χ4v) is 3.33. The summed E-state index contributed by atoms with van der Waals surface area (Å²) < 4.78 is 0. The van der Waals surface area contributed by atoms with E-state index in [-0.39, 0.29) is 6.03 Å². The highest BCUT2D eigenvalue weighted by atomic mass is 35.5. The van der Waals surface area contributed by atoms with Gasteiger partial charge in [0.15, 0.2) is 0 Å². The second-order valence-electron chi connectivity index (χ2n) is 5.56. The van der Waals surface area contributed by atoms with Crippen molar-refractivity contribution in [3.63, 3.8) is 0 Å². The summed E-state index contributed by atoms with van der Waals surface area (Å²) in [5, 5.41) is 3.68. The Labute approximate surface area is 124 Å². The summed E-state index contributed by atoms with van der Waals surface area (Å²) in [4.78, 5) is 16.1. The lowest BCUT2D eigenvalue weighted by molar-refractivity contribution is 0.132. The van der Waals surface area contributed by atoms with Gasteiger partial charge in [-0.05, 0) is 30.5 Å². The average molecular weight is 294 g/mol. The number of halogens is 1. The Bertz CT molecular complexity index is 486. The van der Waals surface area contributed by atoms with Crippen molar-refractivity contribution >= 4 is 17.6 Å². The predicted octanol–water partition coefficient (Wildman–Crippen LogP) is 2.33. The van der Waals surface area contributed by atoms with E-state index in [1.165, 1.54) is 5.56 Å². The molecule has 2 aliphatic rings. The van der Waals surface area contributed by atoms with Gasteiger partial charge in [0.1, 0.15) is 0 Å². The number of nitrogens with one attached hydrogen (secondary N) is 1. The van der Waals surface area contributed by atoms with Gasteiger partial charge < -0.3 is 10.2 Å². The molecule has 1 aromatic rings. The van der Waals surface area contributed by atoms with Gasteiger partial charge in [0, 0.05) is 43.8 Å². The van der Waals surface area contributed by atoms with Gasteiger partial charge in [0.05, 0.1) is 0 Å². The molecule has 0 aliphatic carbocycles. The standard InChI is InChI=1S/C15H20ClN3O/c16-13-3-1-2-12(10-13)11-18-7-4-14(5-8-18)19-9-6-17-15(19)20/h1-3,10,14H,4-9,11H2,(H,17,20). The van der Waals surface area contributed by atoms with Crippen LogP contribution in [0.5, 0.6) is 0 Å². The highest BCUT2D eigenvalue weighted by Crippen LogP contribution is 2.20. The summed E-state index contributed by atoms with van der Waals surface area (Å²) in [6.45, 7) is 4.68. The lowest BCUT2D eigenvalue weighted by Crippen LogP contribution is -2.45. The Morgan fingerprint density at radius 2 is 2.05 bits per heavy atom. The Morgan fingerprint density at radius 3 is 2.70 bits per heavy atom. The van der Waals surface area contributed by atoms with Crippen LogP contribution in [0.1, 0.15) is 18.4 Å². The molecule has 2 heterocycles. The fourth-order valence-electron chi connectivity index (χ4n) is 3.12. The molecule has 2 amide bonds. The van der Waals surface area contributed by atoms with E-state index in [4.69, 9.17) is 11.6 Å². The first-order valence-corrected chi connectivity index (χ1v) is 7.61. The van der Waals surface area contributed by atoms with Crippen molar-refractivity contribution < 1.29 is 4.79 Å². The average Bonchev–Trinajstić information content (AvgIpc) is 2.86. The van der Waals surface area contributed by atoms with Gasteiger partial charge in [-0.2, -0.15) is 0 Å². The molecule has 0 aromatic heterocycles. The van der Waals surface area contributed by atoms with Crippen molar-refractivity contribution in [2.45, 2.75) is 25.4 Å². The molecule has 0 bridgehead atoms. The Balaban J connectivity index is 1.52. The van der Waals surface area contributed by atoms with Crippen molar-refractivity contribution in [2.24, 2.45) is 0 Å². The van der Waals surface area contributed by atoms with Crippen LogP contribution in [0.2, 0.25) is 5.02 Å². The minimum Gasteiger partial charge on any atom is -0.336 e. The SMILES string of the molecule is O=C1NCCN1C1CCN(Cc2cccc(Cl)c2)CC1. The van der Waals surface area contributed by atoms with Crippen molar-refractivity contribution in [1.82, 2.24) is 15.1 Å². The minimum atomic E-state index is 0.110. The third-order valence-electron chi connectivity index (χ3n) is 4.18. The van der Waals surface area contributed by atoms with Gasteiger partial charge in [-0.1, -0.05) is 23.7 Å². The molecule has 2 saturated heterocycles. The third kappa shape index (κ3) is 3.07. The summed E-state index contributed by atoms with van der Waals surface area (Å²) in [5.74, 6) is 0. The molecule has 1 aromatic carbocycles. The third-order valence-corrected chi connectivity index (χ3v) is 4.42. The zero-order valence-corrected chi connectivity index (χ0v) is 12.3. The molecule has 0 radical (unpaired) electrons. The van der Waals surface area contributed by atoms with Crippen LogP contribution in [0.3, 0.4) is 0 Å². The van der Waals surface area contributed by atoms with E-state index in [1.54, 1.807) is 0 Å². The van der Waals surface area contributed by atoms with Gasteiger partial charge in [-0.15, -0.1) is 0 Å². The summed E-state index contributed by atoms with van der Waals surface area (Å²) >= 11 is 6.02. The van der Waals surface area contributed by atoms with E-state index in [0.29, 0.717) is 6.04 Å². The smallest absolute Gasteiger partial charge is 0.317 e. The van der Waals surface area contributed by atoms with Crippen LogP contribution in [-0.4, -0.2) is 48.1 Å². The molecular weight excluding hydrogens is 274 g/mol. The predicted molar refractivity (Wildman–Crippen MR) is 79.9 cm³/mol. The maximum atomic E-state index is 11.7. The summed E-state index contributed by atoms with van der Waals surface area (Å²) in [6, 6.07) is 8.57. The number of hydrogen-bond acceptors (Lipinski definition) is 2. The number of amides is 2. The fraction of sp³-hybridized carbons (Fsp3) is 0.533. The number of urea groups is 1. The molecular formula is C15H20ClN3O. The molecule has 0 spiro atoms. The molecule has 2 aliphatic heterocycles. The van der Waals surface area contributed by atoms with Crippen LogP contribution in [0.25, 0.3) is 0 Å². The maximum absolute atomic E-state index is 11.7. The molecule has 3 rings (SSSR count). The molecule has 108 valence electrons. The first-order valence-electron chi connectivity index (χ1n) is 7.23. The van der Waals surface area contributed by atoms with Crippen LogP contribution >= 0.6 is 11.6 Å². The summed E-state index contributed by atoms with van der Waals surface area (Å²) in [7, 11) is 0. The molecule has 0 unspecified atom stereocenters. The number of piperidine rings is 1. The van der Waals surface area contributed by atoms with Crippen molar-refractivity contribution in [2.75, 3.05) is 26.2 Å². The van der Waals surface area contributed by atoms with Crippen molar-refractivity contribution in [1.29, 1.82) is 0 Å². The van der Waals surface area contributed by atoms with Gasteiger partial charge in [-0.3, -0.25) is 4.90 Å². The second kappa shape index (κ2) is 6.02. The zero-order chi connectivity index (χ0) is 13.9. The van der Waals surface area contributed by atoms with Gasteiger partial charge in [0.25, 0.3) is 0 Å². The van der Waals surface area contributed by atoms with Crippen LogP contribution in [0.15, 0.2) is 24.3 Å². The van der Waals surface area contributed by atoms with Crippen LogP contribution in [-0.2, 0) is 6.54 Å². The quantitative estimate of drug-likeness (QED) is 0.928. The minimum absolute atomic E-state index is 0.110. The normalized spacial score (nSPS) is 21.2. The van der Waals surface area contributed by atoms with Crippen molar-refractivity contribution in [3.05, 3.63) is 34.9 Å². The van der Waals surface area contributed by atoms with E-state index >= 15 is 0 Å². The largest absolute Gasteiger partial charge is 0.336 e. The maximum Gasteiger partial charge on any atom is 0.317 e. The summed E-state index contributed by atoms with van der Waals surface area (Å²) in [6.07, 6.45) is 2.13. The second-order valence-corrected chi connectivity index (χ2v) is 6.00. The highest BCUT2D eigenvalue weighted by molar-refractivity contribution is 6.30. The van der Waals surface area contributed by atoms with Crippen LogP contribution in [0.4, 0.5) is 4.79 Å².